The van der Waals surface area contributed by atoms with Crippen molar-refractivity contribution >= 4 is 28.4 Å². The lowest BCUT2D eigenvalue weighted by molar-refractivity contribution is 0.0954. The molecular weight excluding hydrogens is 387 g/mol. The van der Waals surface area contributed by atoms with E-state index in [0.717, 1.165) is 22.0 Å². The van der Waals surface area contributed by atoms with Crippen molar-refractivity contribution in [1.29, 1.82) is 0 Å². The zero-order valence-electron chi connectivity index (χ0n) is 15.7. The predicted octanol–water partition coefficient (Wildman–Crippen LogP) is 5.52. The Morgan fingerprint density at radius 2 is 1.86 bits per heavy atom. The number of rotatable bonds is 6. The summed E-state index contributed by atoms with van der Waals surface area (Å²) in [5, 5.41) is 4.72. The van der Waals surface area contributed by atoms with Crippen molar-refractivity contribution in [2.24, 2.45) is 0 Å². The van der Waals surface area contributed by atoms with E-state index in [0.29, 0.717) is 35.5 Å². The van der Waals surface area contributed by atoms with Gasteiger partial charge in [-0.05, 0) is 59.5 Å². The maximum absolute atomic E-state index is 13.9. The first-order valence-corrected chi connectivity index (χ1v) is 9.84. The Morgan fingerprint density at radius 3 is 2.72 bits per heavy atom. The lowest BCUT2D eigenvalue weighted by Gasteiger charge is -2.08. The maximum Gasteiger partial charge on any atom is 0.251 e. The lowest BCUT2D eigenvalue weighted by atomic mass is 10.0. The van der Waals surface area contributed by atoms with Gasteiger partial charge < -0.3 is 10.3 Å². The molecule has 0 aliphatic carbocycles. The van der Waals surface area contributed by atoms with Crippen molar-refractivity contribution in [2.45, 2.75) is 12.8 Å². The SMILES string of the molecule is O=C(NCCc1c[nH]c2ccc(Cl)cc12)c1cccc(Cc2ccccc2F)c1. The number of nitrogens with one attached hydrogen (secondary N) is 2. The topological polar surface area (TPSA) is 44.9 Å². The van der Waals surface area contributed by atoms with Crippen LogP contribution in [0, 0.1) is 5.82 Å². The van der Waals surface area contributed by atoms with Gasteiger partial charge in [-0.3, -0.25) is 4.79 Å². The minimum absolute atomic E-state index is 0.141. The molecule has 0 aliphatic rings. The van der Waals surface area contributed by atoms with Gasteiger partial charge in [0.1, 0.15) is 5.82 Å². The maximum atomic E-state index is 13.9. The quantitative estimate of drug-likeness (QED) is 0.435. The zero-order chi connectivity index (χ0) is 20.2. The number of aromatic amines is 1. The molecule has 146 valence electrons. The van der Waals surface area contributed by atoms with Gasteiger partial charge >= 0.3 is 0 Å². The summed E-state index contributed by atoms with van der Waals surface area (Å²) in [6.45, 7) is 0.510. The summed E-state index contributed by atoms with van der Waals surface area (Å²) in [5.41, 5.74) is 4.21. The second kappa shape index (κ2) is 8.50. The molecule has 1 aromatic heterocycles. The predicted molar refractivity (Wildman–Crippen MR) is 115 cm³/mol. The summed E-state index contributed by atoms with van der Waals surface area (Å²) < 4.78 is 13.9. The van der Waals surface area contributed by atoms with Crippen LogP contribution in [0.3, 0.4) is 0 Å². The molecule has 0 radical (unpaired) electrons. The molecule has 0 unspecified atom stereocenters. The van der Waals surface area contributed by atoms with Gasteiger partial charge in [-0.25, -0.2) is 4.39 Å². The number of halogens is 2. The Morgan fingerprint density at radius 1 is 1.00 bits per heavy atom. The van der Waals surface area contributed by atoms with Gasteiger partial charge in [0.2, 0.25) is 0 Å². The number of hydrogen-bond donors (Lipinski definition) is 2. The molecule has 3 nitrogen and oxygen atoms in total. The van der Waals surface area contributed by atoms with E-state index in [1.54, 1.807) is 18.2 Å². The minimum atomic E-state index is -0.235. The summed E-state index contributed by atoms with van der Waals surface area (Å²) in [6.07, 6.45) is 3.09. The fourth-order valence-corrected chi connectivity index (χ4v) is 3.63. The van der Waals surface area contributed by atoms with Gasteiger partial charge in [0, 0.05) is 40.7 Å². The molecule has 0 saturated carbocycles. The van der Waals surface area contributed by atoms with Crippen LogP contribution in [0.15, 0.2) is 72.9 Å². The standard InChI is InChI=1S/C24H20ClFN2O/c25-20-8-9-23-21(14-20)19(15-28-23)10-11-27-24(29)18-6-3-4-16(13-18)12-17-5-1-2-7-22(17)26/h1-9,13-15,28H,10-12H2,(H,27,29). The van der Waals surface area contributed by atoms with Crippen molar-refractivity contribution in [2.75, 3.05) is 6.54 Å². The van der Waals surface area contributed by atoms with E-state index in [-0.39, 0.29) is 11.7 Å². The van der Waals surface area contributed by atoms with Gasteiger partial charge in [0.15, 0.2) is 0 Å². The summed E-state index contributed by atoms with van der Waals surface area (Å²) in [4.78, 5) is 15.8. The molecule has 1 amide bonds. The van der Waals surface area contributed by atoms with E-state index in [9.17, 15) is 9.18 Å². The third kappa shape index (κ3) is 4.49. The molecule has 0 saturated heterocycles. The number of amides is 1. The molecule has 0 bridgehead atoms. The summed E-state index contributed by atoms with van der Waals surface area (Å²) in [5.74, 6) is -0.376. The largest absolute Gasteiger partial charge is 0.361 e. The van der Waals surface area contributed by atoms with Crippen LogP contribution in [-0.4, -0.2) is 17.4 Å². The third-order valence-electron chi connectivity index (χ3n) is 4.95. The molecule has 29 heavy (non-hydrogen) atoms. The van der Waals surface area contributed by atoms with E-state index in [4.69, 9.17) is 11.6 Å². The first-order valence-electron chi connectivity index (χ1n) is 9.46. The zero-order valence-corrected chi connectivity index (χ0v) is 16.5. The van der Waals surface area contributed by atoms with Gasteiger partial charge in [0.25, 0.3) is 5.91 Å². The van der Waals surface area contributed by atoms with Crippen molar-refractivity contribution in [1.82, 2.24) is 10.3 Å². The summed E-state index contributed by atoms with van der Waals surface area (Å²) in [6, 6.07) is 19.7. The number of aromatic nitrogens is 1. The molecule has 0 aliphatic heterocycles. The van der Waals surface area contributed by atoms with Crippen LogP contribution < -0.4 is 5.32 Å². The second-order valence-electron chi connectivity index (χ2n) is 6.98. The Balaban J connectivity index is 1.39. The average molecular weight is 407 g/mol. The van der Waals surface area contributed by atoms with E-state index >= 15 is 0 Å². The van der Waals surface area contributed by atoms with E-state index in [1.807, 2.05) is 48.7 Å². The number of hydrogen-bond acceptors (Lipinski definition) is 1. The fraction of sp³-hybridized carbons (Fsp3) is 0.125. The highest BCUT2D eigenvalue weighted by molar-refractivity contribution is 6.31. The third-order valence-corrected chi connectivity index (χ3v) is 5.19. The Hall–Kier alpha value is -3.11. The Labute approximate surface area is 173 Å². The van der Waals surface area contributed by atoms with Crippen LogP contribution in [0.4, 0.5) is 4.39 Å². The van der Waals surface area contributed by atoms with E-state index in [1.165, 1.54) is 6.07 Å². The molecule has 0 fully saturated rings. The Bertz CT molecular complexity index is 1170. The van der Waals surface area contributed by atoms with Crippen LogP contribution >= 0.6 is 11.6 Å². The molecule has 0 spiro atoms. The number of H-pyrrole nitrogens is 1. The normalized spacial score (nSPS) is 11.0. The number of fused-ring (bicyclic) bond motifs is 1. The van der Waals surface area contributed by atoms with Crippen molar-refractivity contribution in [3.63, 3.8) is 0 Å². The molecule has 4 rings (SSSR count). The van der Waals surface area contributed by atoms with Gasteiger partial charge in [-0.15, -0.1) is 0 Å². The molecular formula is C24H20ClFN2O. The van der Waals surface area contributed by atoms with Crippen LogP contribution in [0.1, 0.15) is 27.0 Å². The average Bonchev–Trinajstić information content (AvgIpc) is 3.12. The fourth-order valence-electron chi connectivity index (χ4n) is 3.45. The highest BCUT2D eigenvalue weighted by atomic mass is 35.5. The van der Waals surface area contributed by atoms with Crippen LogP contribution in [0.25, 0.3) is 10.9 Å². The summed E-state index contributed by atoms with van der Waals surface area (Å²) >= 11 is 6.09. The van der Waals surface area contributed by atoms with E-state index in [2.05, 4.69) is 10.3 Å². The lowest BCUT2D eigenvalue weighted by Crippen LogP contribution is -2.25. The number of carbonyl (C=O) groups excluding carboxylic acids is 1. The number of carbonyl (C=O) groups is 1. The summed E-state index contributed by atoms with van der Waals surface area (Å²) in [7, 11) is 0. The van der Waals surface area contributed by atoms with Crippen molar-refractivity contribution in [3.8, 4) is 0 Å². The highest BCUT2D eigenvalue weighted by Crippen LogP contribution is 2.22. The number of benzene rings is 3. The van der Waals surface area contributed by atoms with Crippen molar-refractivity contribution < 1.29 is 9.18 Å². The first kappa shape index (κ1) is 19.2. The first-order chi connectivity index (χ1) is 14.1. The molecule has 3 aromatic carbocycles. The van der Waals surface area contributed by atoms with Crippen LogP contribution in [0.2, 0.25) is 5.02 Å². The van der Waals surface area contributed by atoms with Gasteiger partial charge in [-0.1, -0.05) is 41.9 Å². The molecule has 4 aromatic rings. The minimum Gasteiger partial charge on any atom is -0.361 e. The van der Waals surface area contributed by atoms with Crippen LogP contribution in [-0.2, 0) is 12.8 Å². The van der Waals surface area contributed by atoms with Crippen molar-refractivity contribution in [3.05, 3.63) is 106 Å². The second-order valence-corrected chi connectivity index (χ2v) is 7.41. The molecule has 5 heteroatoms. The molecule has 1 heterocycles. The Kier molecular flexibility index (Phi) is 5.63. The van der Waals surface area contributed by atoms with Gasteiger partial charge in [0.05, 0.1) is 0 Å². The monoisotopic (exact) mass is 406 g/mol. The van der Waals surface area contributed by atoms with E-state index < -0.39 is 0 Å². The smallest absolute Gasteiger partial charge is 0.251 e. The van der Waals surface area contributed by atoms with Gasteiger partial charge in [-0.2, -0.15) is 0 Å². The molecule has 2 N–H and O–H groups in total. The highest BCUT2D eigenvalue weighted by Gasteiger charge is 2.09. The van der Waals surface area contributed by atoms with Crippen LogP contribution in [0.5, 0.6) is 0 Å². The molecule has 0 atom stereocenters.